The minimum atomic E-state index is 0.135. The van der Waals surface area contributed by atoms with Gasteiger partial charge < -0.3 is 14.8 Å². The van der Waals surface area contributed by atoms with Gasteiger partial charge in [0.25, 0.3) is 0 Å². The molecule has 3 nitrogen and oxygen atoms in total. The van der Waals surface area contributed by atoms with Crippen LogP contribution in [-0.2, 0) is 6.42 Å². The van der Waals surface area contributed by atoms with Crippen LogP contribution in [0.3, 0.4) is 0 Å². The third kappa shape index (κ3) is 2.18. The van der Waals surface area contributed by atoms with Crippen LogP contribution in [0.5, 0.6) is 5.75 Å². The number of hydrogen-bond donors (Lipinski definition) is 2. The van der Waals surface area contributed by atoms with Crippen LogP contribution in [-0.4, -0.2) is 18.2 Å². The lowest BCUT2D eigenvalue weighted by Gasteiger charge is -2.19. The summed E-state index contributed by atoms with van der Waals surface area (Å²) in [6.45, 7) is 1.71. The molecule has 0 saturated carbocycles. The van der Waals surface area contributed by atoms with E-state index in [9.17, 15) is 5.11 Å². The van der Waals surface area contributed by atoms with Crippen LogP contribution in [0.15, 0.2) is 47.1 Å². The highest BCUT2D eigenvalue weighted by atomic mass is 35.5. The Kier molecular flexibility index (Phi) is 3.32. The molecule has 22 heavy (non-hydrogen) atoms. The van der Waals surface area contributed by atoms with E-state index in [0.717, 1.165) is 41.6 Å². The molecule has 2 N–H and O–H groups in total. The van der Waals surface area contributed by atoms with E-state index in [4.69, 9.17) is 16.0 Å². The summed E-state index contributed by atoms with van der Waals surface area (Å²) in [6.07, 6.45) is 2.62. The van der Waals surface area contributed by atoms with E-state index in [1.54, 1.807) is 12.3 Å². The van der Waals surface area contributed by atoms with Gasteiger partial charge in [0.15, 0.2) is 0 Å². The van der Waals surface area contributed by atoms with Crippen molar-refractivity contribution in [1.29, 1.82) is 0 Å². The minimum Gasteiger partial charge on any atom is -0.506 e. The van der Waals surface area contributed by atoms with E-state index in [1.807, 2.05) is 24.3 Å². The minimum absolute atomic E-state index is 0.135. The van der Waals surface area contributed by atoms with Crippen LogP contribution < -0.4 is 5.32 Å². The van der Waals surface area contributed by atoms with Crippen molar-refractivity contribution in [3.05, 3.63) is 64.4 Å². The number of para-hydroxylation sites is 1. The predicted molar refractivity (Wildman–Crippen MR) is 87.7 cm³/mol. The van der Waals surface area contributed by atoms with Crippen LogP contribution in [0.4, 0.5) is 0 Å². The van der Waals surface area contributed by atoms with Gasteiger partial charge in [-0.3, -0.25) is 0 Å². The van der Waals surface area contributed by atoms with E-state index in [2.05, 4.69) is 11.4 Å². The summed E-state index contributed by atoms with van der Waals surface area (Å²) in [7, 11) is 0. The zero-order valence-electron chi connectivity index (χ0n) is 12.0. The summed E-state index contributed by atoms with van der Waals surface area (Å²) in [5.41, 5.74) is 4.36. The third-order valence-corrected chi connectivity index (χ3v) is 4.69. The Morgan fingerprint density at radius 2 is 2.09 bits per heavy atom. The fourth-order valence-electron chi connectivity index (χ4n) is 3.31. The fraction of sp³-hybridized carbons (Fsp3) is 0.222. The first-order chi connectivity index (χ1) is 10.7. The predicted octanol–water partition coefficient (Wildman–Crippen LogP) is 4.07. The molecule has 0 radical (unpaired) electrons. The molecular weight excluding hydrogens is 298 g/mol. The number of halogens is 1. The Labute approximate surface area is 133 Å². The second-order valence-electron chi connectivity index (χ2n) is 5.70. The molecule has 0 saturated heterocycles. The van der Waals surface area contributed by atoms with E-state index in [1.165, 1.54) is 5.56 Å². The van der Waals surface area contributed by atoms with E-state index < -0.39 is 0 Å². The molecule has 0 amide bonds. The van der Waals surface area contributed by atoms with Crippen molar-refractivity contribution in [2.24, 2.45) is 0 Å². The van der Waals surface area contributed by atoms with Crippen LogP contribution in [0, 0.1) is 0 Å². The first-order valence-corrected chi connectivity index (χ1v) is 7.80. The van der Waals surface area contributed by atoms with E-state index in [0.29, 0.717) is 5.02 Å². The van der Waals surface area contributed by atoms with Gasteiger partial charge in [-0.2, -0.15) is 0 Å². The average molecular weight is 314 g/mol. The van der Waals surface area contributed by atoms with Crippen molar-refractivity contribution < 1.29 is 9.52 Å². The molecule has 4 rings (SSSR count). The van der Waals surface area contributed by atoms with E-state index in [-0.39, 0.29) is 11.7 Å². The molecule has 1 atom stereocenters. The molecule has 0 spiro atoms. The van der Waals surface area contributed by atoms with Crippen molar-refractivity contribution >= 4 is 22.6 Å². The number of rotatable bonds is 1. The van der Waals surface area contributed by atoms with Crippen molar-refractivity contribution in [2.45, 2.75) is 12.3 Å². The number of benzene rings is 2. The van der Waals surface area contributed by atoms with Crippen LogP contribution in [0.2, 0.25) is 5.02 Å². The molecule has 2 heterocycles. The number of phenols is 1. The standard InChI is InChI=1S/C18H16ClNO2/c19-16-8-12-4-6-20-10-15(14(12)9-17(16)21)13-3-1-2-11-5-7-22-18(11)13/h1-3,5,7-9,15,20-21H,4,6,10H2/t15-/m1/s1. The van der Waals surface area contributed by atoms with Crippen LogP contribution in [0.25, 0.3) is 11.0 Å². The Morgan fingerprint density at radius 3 is 3.00 bits per heavy atom. The van der Waals surface area contributed by atoms with Gasteiger partial charge in [0, 0.05) is 23.4 Å². The molecule has 0 fully saturated rings. The number of nitrogens with one attached hydrogen (secondary N) is 1. The molecule has 0 aliphatic carbocycles. The van der Waals surface area contributed by atoms with Gasteiger partial charge >= 0.3 is 0 Å². The lowest BCUT2D eigenvalue weighted by Crippen LogP contribution is -2.21. The number of phenolic OH excluding ortho intramolecular Hbond substituents is 1. The lowest BCUT2D eigenvalue weighted by molar-refractivity contribution is 0.474. The SMILES string of the molecule is Oc1cc2c(cc1Cl)CCNC[C@@H]2c1cccc2ccoc12. The molecule has 0 bridgehead atoms. The second kappa shape index (κ2) is 5.34. The summed E-state index contributed by atoms with van der Waals surface area (Å²) in [6, 6.07) is 11.9. The van der Waals surface area contributed by atoms with Crippen molar-refractivity contribution in [3.63, 3.8) is 0 Å². The van der Waals surface area contributed by atoms with Gasteiger partial charge in [0.05, 0.1) is 11.3 Å². The van der Waals surface area contributed by atoms with Crippen LogP contribution in [0.1, 0.15) is 22.6 Å². The summed E-state index contributed by atoms with van der Waals surface area (Å²) in [5.74, 6) is 0.273. The maximum Gasteiger partial charge on any atom is 0.137 e. The first kappa shape index (κ1) is 13.7. The van der Waals surface area contributed by atoms with Crippen molar-refractivity contribution in [3.8, 4) is 5.75 Å². The zero-order valence-corrected chi connectivity index (χ0v) is 12.7. The number of hydrogen-bond acceptors (Lipinski definition) is 3. The summed E-state index contributed by atoms with van der Waals surface area (Å²) in [4.78, 5) is 0. The summed E-state index contributed by atoms with van der Waals surface area (Å²) < 4.78 is 5.70. The quantitative estimate of drug-likeness (QED) is 0.712. The Hall–Kier alpha value is -1.97. The van der Waals surface area contributed by atoms with Gasteiger partial charge in [-0.1, -0.05) is 29.8 Å². The summed E-state index contributed by atoms with van der Waals surface area (Å²) in [5, 5.41) is 15.0. The monoisotopic (exact) mass is 313 g/mol. The molecular formula is C18H16ClNO2. The molecule has 4 heteroatoms. The zero-order chi connectivity index (χ0) is 15.1. The van der Waals surface area contributed by atoms with Gasteiger partial charge in [-0.05, 0) is 42.3 Å². The Bertz CT molecular complexity index is 840. The van der Waals surface area contributed by atoms with Gasteiger partial charge in [0.1, 0.15) is 11.3 Å². The molecule has 0 unspecified atom stereocenters. The Morgan fingerprint density at radius 1 is 1.18 bits per heavy atom. The summed E-state index contributed by atoms with van der Waals surface area (Å²) >= 11 is 6.08. The topological polar surface area (TPSA) is 45.4 Å². The highest BCUT2D eigenvalue weighted by Gasteiger charge is 2.24. The van der Waals surface area contributed by atoms with E-state index >= 15 is 0 Å². The smallest absolute Gasteiger partial charge is 0.137 e. The number of aromatic hydroxyl groups is 1. The van der Waals surface area contributed by atoms with Gasteiger partial charge in [-0.25, -0.2) is 0 Å². The fourth-order valence-corrected chi connectivity index (χ4v) is 3.49. The molecule has 2 aromatic carbocycles. The highest BCUT2D eigenvalue weighted by Crippen LogP contribution is 2.37. The molecule has 1 aliphatic rings. The van der Waals surface area contributed by atoms with Gasteiger partial charge in [-0.15, -0.1) is 0 Å². The molecule has 1 aromatic heterocycles. The maximum atomic E-state index is 10.0. The van der Waals surface area contributed by atoms with Crippen molar-refractivity contribution in [1.82, 2.24) is 5.32 Å². The van der Waals surface area contributed by atoms with Crippen molar-refractivity contribution in [2.75, 3.05) is 13.1 Å². The third-order valence-electron chi connectivity index (χ3n) is 4.39. The Balaban J connectivity index is 1.92. The molecule has 1 aliphatic heterocycles. The normalized spacial score (nSPS) is 18.1. The highest BCUT2D eigenvalue weighted by molar-refractivity contribution is 6.32. The number of fused-ring (bicyclic) bond motifs is 2. The second-order valence-corrected chi connectivity index (χ2v) is 6.10. The molecule has 112 valence electrons. The van der Waals surface area contributed by atoms with Crippen LogP contribution >= 0.6 is 11.6 Å². The lowest BCUT2D eigenvalue weighted by atomic mass is 9.87. The average Bonchev–Trinajstić information content (AvgIpc) is 2.91. The maximum absolute atomic E-state index is 10.0. The molecule has 3 aromatic rings. The van der Waals surface area contributed by atoms with Gasteiger partial charge in [0.2, 0.25) is 0 Å². The first-order valence-electron chi connectivity index (χ1n) is 7.42. The largest absolute Gasteiger partial charge is 0.506 e. The number of furan rings is 1.